The molecule has 0 saturated carbocycles. The third-order valence-electron chi connectivity index (χ3n) is 3.90. The first-order valence-electron chi connectivity index (χ1n) is 6.94. The third kappa shape index (κ3) is 3.47. The predicted octanol–water partition coefficient (Wildman–Crippen LogP) is 0.357. The Balaban J connectivity index is 2.24. The van der Waals surface area contributed by atoms with Crippen LogP contribution in [0.25, 0.3) is 0 Å². The lowest BCUT2D eigenvalue weighted by Gasteiger charge is -2.43. The Morgan fingerprint density at radius 3 is 2.59 bits per heavy atom. The van der Waals surface area contributed by atoms with Gasteiger partial charge in [0, 0.05) is 20.1 Å². The molecule has 2 N–H and O–H groups in total. The highest BCUT2D eigenvalue weighted by Crippen LogP contribution is 2.29. The van der Waals surface area contributed by atoms with Gasteiger partial charge in [-0.2, -0.15) is 13.2 Å². The zero-order valence-corrected chi connectivity index (χ0v) is 12.3. The fourth-order valence-corrected chi connectivity index (χ4v) is 2.52. The minimum Gasteiger partial charge on any atom is -0.389 e. The van der Waals surface area contributed by atoms with Crippen molar-refractivity contribution >= 4 is 5.82 Å². The molecule has 0 unspecified atom stereocenters. The van der Waals surface area contributed by atoms with Gasteiger partial charge in [-0.25, -0.2) is 4.98 Å². The van der Waals surface area contributed by atoms with Crippen molar-refractivity contribution in [3.8, 4) is 0 Å². The summed E-state index contributed by atoms with van der Waals surface area (Å²) in [7, 11) is 1.53. The second kappa shape index (κ2) is 6.35. The van der Waals surface area contributed by atoms with E-state index in [9.17, 15) is 23.4 Å². The molecule has 0 spiro atoms. The van der Waals surface area contributed by atoms with Crippen LogP contribution in [-0.4, -0.2) is 70.0 Å². The maximum absolute atomic E-state index is 12.7. The first-order valence-corrected chi connectivity index (χ1v) is 6.94. The van der Waals surface area contributed by atoms with Gasteiger partial charge in [0.05, 0.1) is 24.5 Å². The Labute approximate surface area is 126 Å². The minimum absolute atomic E-state index is 0.00373. The van der Waals surface area contributed by atoms with Crippen molar-refractivity contribution in [3.05, 3.63) is 18.1 Å². The molecule has 1 aromatic rings. The van der Waals surface area contributed by atoms with Gasteiger partial charge < -0.3 is 15.1 Å². The molecule has 1 aliphatic rings. The molecule has 0 radical (unpaired) electrons. The van der Waals surface area contributed by atoms with Crippen molar-refractivity contribution < 1.29 is 23.4 Å². The number of hydrogen-bond donors (Lipinski definition) is 2. The molecule has 1 saturated heterocycles. The maximum Gasteiger partial charge on any atom is 0.434 e. The van der Waals surface area contributed by atoms with Gasteiger partial charge >= 0.3 is 6.18 Å². The second-order valence-corrected chi connectivity index (χ2v) is 5.35. The number of anilines is 1. The van der Waals surface area contributed by atoms with E-state index >= 15 is 0 Å². The van der Waals surface area contributed by atoms with E-state index in [-0.39, 0.29) is 5.82 Å². The number of hydrogen-bond acceptors (Lipinski definition) is 6. The fourth-order valence-electron chi connectivity index (χ4n) is 2.52. The van der Waals surface area contributed by atoms with Crippen LogP contribution in [0.1, 0.15) is 12.6 Å². The normalized spacial score (nSPS) is 27.0. The van der Waals surface area contributed by atoms with Crippen molar-refractivity contribution in [1.82, 2.24) is 14.9 Å². The van der Waals surface area contributed by atoms with Crippen LogP contribution in [0.5, 0.6) is 0 Å². The van der Waals surface area contributed by atoms with Gasteiger partial charge in [0.1, 0.15) is 11.9 Å². The van der Waals surface area contributed by atoms with Gasteiger partial charge in [-0.05, 0) is 6.54 Å². The Morgan fingerprint density at radius 2 is 2.00 bits per heavy atom. The molecule has 0 amide bonds. The summed E-state index contributed by atoms with van der Waals surface area (Å²) in [4.78, 5) is 10.5. The van der Waals surface area contributed by atoms with E-state index in [1.54, 1.807) is 0 Å². The number of alkyl halides is 3. The summed E-state index contributed by atoms with van der Waals surface area (Å²) >= 11 is 0. The van der Waals surface area contributed by atoms with Crippen molar-refractivity contribution in [3.63, 3.8) is 0 Å². The standard InChI is InChI=1S/C13H19F3N4O2/c1-3-20-6-8(12(22)9(21)7-20)19(2)11-5-17-4-10(18-11)13(14,15)16/h4-5,8-9,12,21-22H,3,6-7H2,1-2H3/t8-,9-,12+/m0/s1. The Kier molecular flexibility index (Phi) is 4.88. The van der Waals surface area contributed by atoms with Crippen molar-refractivity contribution in [2.24, 2.45) is 0 Å². The number of aromatic nitrogens is 2. The van der Waals surface area contributed by atoms with Crippen LogP contribution in [0, 0.1) is 0 Å². The Hall–Kier alpha value is -1.45. The molecule has 2 rings (SSSR count). The summed E-state index contributed by atoms with van der Waals surface area (Å²) in [5.41, 5.74) is -1.09. The third-order valence-corrected chi connectivity index (χ3v) is 3.90. The van der Waals surface area contributed by atoms with Crippen molar-refractivity contribution in [2.45, 2.75) is 31.3 Å². The number of aliphatic hydroxyl groups is 2. The number of rotatable bonds is 3. The van der Waals surface area contributed by atoms with Gasteiger partial charge in [0.15, 0.2) is 5.69 Å². The summed E-state index contributed by atoms with van der Waals surface area (Å²) in [5, 5.41) is 20.0. The largest absolute Gasteiger partial charge is 0.434 e. The highest BCUT2D eigenvalue weighted by atomic mass is 19.4. The maximum atomic E-state index is 12.7. The Morgan fingerprint density at radius 1 is 1.32 bits per heavy atom. The summed E-state index contributed by atoms with van der Waals surface area (Å²) < 4.78 is 38.1. The summed E-state index contributed by atoms with van der Waals surface area (Å²) in [6.07, 6.45) is -4.74. The monoisotopic (exact) mass is 320 g/mol. The lowest BCUT2D eigenvalue weighted by molar-refractivity contribution is -0.141. The molecule has 0 aliphatic carbocycles. The lowest BCUT2D eigenvalue weighted by Crippen LogP contribution is -2.60. The summed E-state index contributed by atoms with van der Waals surface area (Å²) in [6.45, 7) is 3.33. The van der Waals surface area contributed by atoms with E-state index in [4.69, 9.17) is 0 Å². The summed E-state index contributed by atoms with van der Waals surface area (Å²) in [6, 6.07) is -0.568. The molecule has 3 atom stereocenters. The van der Waals surface area contributed by atoms with E-state index in [0.717, 1.165) is 0 Å². The van der Waals surface area contributed by atoms with Crippen LogP contribution in [0.2, 0.25) is 0 Å². The first kappa shape index (κ1) is 16.9. The second-order valence-electron chi connectivity index (χ2n) is 5.35. The average molecular weight is 320 g/mol. The molecular formula is C13H19F3N4O2. The number of nitrogens with zero attached hydrogens (tertiary/aromatic N) is 4. The number of piperidine rings is 1. The lowest BCUT2D eigenvalue weighted by atomic mass is 9.98. The Bertz CT molecular complexity index is 514. The van der Waals surface area contributed by atoms with Crippen LogP contribution in [0.15, 0.2) is 12.4 Å². The van der Waals surface area contributed by atoms with E-state index in [0.29, 0.717) is 25.8 Å². The van der Waals surface area contributed by atoms with Gasteiger partial charge in [-0.15, -0.1) is 0 Å². The number of β-amino-alcohol motifs (C(OH)–C–C–N with tert-alkyl or cyclic N) is 1. The molecule has 1 aromatic heterocycles. The van der Waals surface area contributed by atoms with Crippen molar-refractivity contribution in [1.29, 1.82) is 0 Å². The summed E-state index contributed by atoms with van der Waals surface area (Å²) in [5.74, 6) is 0.00373. The average Bonchev–Trinajstić information content (AvgIpc) is 2.48. The predicted molar refractivity (Wildman–Crippen MR) is 73.4 cm³/mol. The molecule has 6 nitrogen and oxygen atoms in total. The van der Waals surface area contributed by atoms with Crippen molar-refractivity contribution in [2.75, 3.05) is 31.6 Å². The SMILES string of the molecule is CCN1C[C@H](O)[C@H](O)[C@@H](N(C)c2cncc(C(F)(F)F)n2)C1. The van der Waals surface area contributed by atoms with Crippen LogP contribution in [-0.2, 0) is 6.18 Å². The van der Waals surface area contributed by atoms with E-state index in [1.165, 1.54) is 18.1 Å². The van der Waals surface area contributed by atoms with Crippen LogP contribution in [0.4, 0.5) is 19.0 Å². The smallest absolute Gasteiger partial charge is 0.389 e. The van der Waals surface area contributed by atoms with E-state index < -0.39 is 30.1 Å². The van der Waals surface area contributed by atoms with Gasteiger partial charge in [0.2, 0.25) is 0 Å². The van der Waals surface area contributed by atoms with Crippen LogP contribution >= 0.6 is 0 Å². The number of likely N-dealkylation sites (tertiary alicyclic amines) is 1. The topological polar surface area (TPSA) is 72.7 Å². The van der Waals surface area contributed by atoms with Crippen LogP contribution in [0.3, 0.4) is 0 Å². The molecule has 1 aliphatic heterocycles. The molecule has 124 valence electrons. The quantitative estimate of drug-likeness (QED) is 0.838. The number of halogens is 3. The van der Waals surface area contributed by atoms with Gasteiger partial charge in [0.25, 0.3) is 0 Å². The van der Waals surface area contributed by atoms with Crippen LogP contribution < -0.4 is 4.90 Å². The highest BCUT2D eigenvalue weighted by molar-refractivity contribution is 5.38. The highest BCUT2D eigenvalue weighted by Gasteiger charge is 2.38. The molecule has 2 heterocycles. The zero-order chi connectivity index (χ0) is 16.5. The zero-order valence-electron chi connectivity index (χ0n) is 12.3. The van der Waals surface area contributed by atoms with Gasteiger partial charge in [-0.1, -0.05) is 6.92 Å². The molecule has 9 heteroatoms. The molecule has 0 bridgehead atoms. The first-order chi connectivity index (χ1) is 10.2. The molecular weight excluding hydrogens is 301 g/mol. The van der Waals surface area contributed by atoms with E-state index in [2.05, 4.69) is 9.97 Å². The number of aliphatic hydroxyl groups excluding tert-OH is 2. The minimum atomic E-state index is -4.58. The molecule has 1 fully saturated rings. The molecule has 22 heavy (non-hydrogen) atoms. The number of likely N-dealkylation sites (N-methyl/N-ethyl adjacent to an activating group) is 2. The molecule has 0 aromatic carbocycles. The van der Waals surface area contributed by atoms with Gasteiger partial charge in [-0.3, -0.25) is 9.88 Å². The fraction of sp³-hybridized carbons (Fsp3) is 0.692. The van der Waals surface area contributed by atoms with E-state index in [1.807, 2.05) is 11.8 Å².